The van der Waals surface area contributed by atoms with Gasteiger partial charge in [-0.2, -0.15) is 5.10 Å². The van der Waals surface area contributed by atoms with Crippen molar-refractivity contribution in [1.29, 1.82) is 0 Å². The Balaban J connectivity index is 1.32. The highest BCUT2D eigenvalue weighted by atomic mass is 16.5. The number of fused-ring (bicyclic) bond motifs is 3. The summed E-state index contributed by atoms with van der Waals surface area (Å²) in [7, 11) is 1.61. The Hall–Kier alpha value is -4.13. The Morgan fingerprint density at radius 2 is 1.86 bits per heavy atom. The van der Waals surface area contributed by atoms with Crippen LogP contribution in [-0.4, -0.2) is 36.3 Å². The molecule has 7 nitrogen and oxygen atoms in total. The van der Waals surface area contributed by atoms with Crippen LogP contribution < -0.4 is 15.1 Å². The van der Waals surface area contributed by atoms with E-state index in [1.165, 1.54) is 16.4 Å². The zero-order chi connectivity index (χ0) is 25.1. The summed E-state index contributed by atoms with van der Waals surface area (Å²) in [6, 6.07) is 21.9. The second kappa shape index (κ2) is 10.2. The van der Waals surface area contributed by atoms with Crippen LogP contribution >= 0.6 is 0 Å². The molecule has 3 aromatic carbocycles. The Morgan fingerprint density at radius 1 is 1.08 bits per heavy atom. The van der Waals surface area contributed by atoms with Gasteiger partial charge in [0.05, 0.1) is 19.2 Å². The molecule has 0 aliphatic carbocycles. The number of nitrogens with one attached hydrogen (secondary N) is 1. The molecule has 1 aliphatic rings. The first-order valence-electron chi connectivity index (χ1n) is 12.4. The second-order valence-corrected chi connectivity index (χ2v) is 9.14. The third kappa shape index (κ3) is 4.56. The number of hydrogen-bond acceptors (Lipinski definition) is 4. The lowest BCUT2D eigenvalue weighted by Gasteiger charge is -2.17. The van der Waals surface area contributed by atoms with Gasteiger partial charge in [-0.3, -0.25) is 9.59 Å². The van der Waals surface area contributed by atoms with E-state index >= 15 is 0 Å². The molecule has 1 aromatic heterocycles. The number of para-hydroxylation sites is 1. The maximum absolute atomic E-state index is 12.9. The minimum Gasteiger partial charge on any atom is -0.497 e. The number of rotatable bonds is 8. The van der Waals surface area contributed by atoms with E-state index in [1.54, 1.807) is 18.2 Å². The van der Waals surface area contributed by atoms with Crippen molar-refractivity contribution in [3.05, 3.63) is 72.3 Å². The van der Waals surface area contributed by atoms with Crippen LogP contribution in [0.3, 0.4) is 0 Å². The smallest absolute Gasteiger partial charge is 0.245 e. The normalized spacial score (nSPS) is 15.9. The predicted molar refractivity (Wildman–Crippen MR) is 144 cm³/mol. The third-order valence-corrected chi connectivity index (χ3v) is 6.80. The van der Waals surface area contributed by atoms with Gasteiger partial charge in [-0.25, -0.2) is 5.43 Å². The topological polar surface area (TPSA) is 75.9 Å². The average Bonchev–Trinajstić information content (AvgIpc) is 3.45. The predicted octanol–water partition coefficient (Wildman–Crippen LogP) is 5.11. The van der Waals surface area contributed by atoms with Crippen LogP contribution in [0.15, 0.2) is 71.8 Å². The largest absolute Gasteiger partial charge is 0.497 e. The van der Waals surface area contributed by atoms with Crippen molar-refractivity contribution in [2.75, 3.05) is 18.6 Å². The molecule has 0 bridgehead atoms. The molecular weight excluding hydrogens is 452 g/mol. The van der Waals surface area contributed by atoms with Gasteiger partial charge >= 0.3 is 0 Å². The van der Waals surface area contributed by atoms with Gasteiger partial charge in [0.15, 0.2) is 0 Å². The highest BCUT2D eigenvalue weighted by molar-refractivity contribution is 6.10. The standard InChI is InChI=1S/C29H30N4O3/c1-3-4-15-32-26-8-6-5-7-24(26)25-17-22(11-14-27(25)32)33-19-21(16-28(33)34)29(35)31-30-18-20-9-12-23(36-2)13-10-20/h5-14,17-18,21H,3-4,15-16,19H2,1-2H3,(H,31,35)/b30-18-. The van der Waals surface area contributed by atoms with Gasteiger partial charge in [0, 0.05) is 47.0 Å². The van der Waals surface area contributed by atoms with Gasteiger partial charge in [-0.05, 0) is 60.5 Å². The van der Waals surface area contributed by atoms with Crippen molar-refractivity contribution >= 4 is 45.5 Å². The SMILES string of the molecule is CCCCn1c2ccccc2c2cc(N3CC(C(=O)N/N=C\c4ccc(OC)cc4)CC3=O)ccc21. The Bertz CT molecular complexity index is 1440. The van der Waals surface area contributed by atoms with Crippen LogP contribution in [0.5, 0.6) is 5.75 Å². The number of hydrazone groups is 1. The fraction of sp³-hybridized carbons (Fsp3) is 0.276. The number of ether oxygens (including phenoxy) is 1. The number of carbonyl (C=O) groups excluding carboxylic acids is 2. The number of aromatic nitrogens is 1. The Morgan fingerprint density at radius 3 is 2.64 bits per heavy atom. The van der Waals surface area contributed by atoms with Crippen LogP contribution in [0.1, 0.15) is 31.7 Å². The van der Waals surface area contributed by atoms with Crippen molar-refractivity contribution in [1.82, 2.24) is 9.99 Å². The van der Waals surface area contributed by atoms with E-state index in [1.807, 2.05) is 36.4 Å². The number of amides is 2. The highest BCUT2D eigenvalue weighted by Gasteiger charge is 2.35. The lowest BCUT2D eigenvalue weighted by atomic mass is 10.1. The number of nitrogens with zero attached hydrogens (tertiary/aromatic N) is 3. The monoisotopic (exact) mass is 482 g/mol. The maximum atomic E-state index is 12.9. The summed E-state index contributed by atoms with van der Waals surface area (Å²) in [5.74, 6) is -0.00669. The minimum absolute atomic E-state index is 0.0524. The molecule has 1 aliphatic heterocycles. The first-order valence-corrected chi connectivity index (χ1v) is 12.4. The molecule has 1 atom stereocenters. The van der Waals surface area contributed by atoms with E-state index < -0.39 is 5.92 Å². The van der Waals surface area contributed by atoms with Crippen LogP contribution in [-0.2, 0) is 16.1 Å². The maximum Gasteiger partial charge on any atom is 0.245 e. The molecule has 5 rings (SSSR count). The zero-order valence-corrected chi connectivity index (χ0v) is 20.6. The number of hydrogen-bond donors (Lipinski definition) is 1. The summed E-state index contributed by atoms with van der Waals surface area (Å²) >= 11 is 0. The van der Waals surface area contributed by atoms with Crippen molar-refractivity contribution < 1.29 is 14.3 Å². The summed E-state index contributed by atoms with van der Waals surface area (Å²) < 4.78 is 7.51. The Kier molecular flexibility index (Phi) is 6.71. The molecular formula is C29H30N4O3. The molecule has 0 spiro atoms. The van der Waals surface area contributed by atoms with Gasteiger partial charge in [-0.1, -0.05) is 31.5 Å². The first-order chi connectivity index (χ1) is 17.6. The molecule has 1 saturated heterocycles. The highest BCUT2D eigenvalue weighted by Crippen LogP contribution is 2.34. The van der Waals surface area contributed by atoms with Crippen molar-refractivity contribution in [2.24, 2.45) is 11.0 Å². The van der Waals surface area contributed by atoms with Crippen molar-refractivity contribution in [3.63, 3.8) is 0 Å². The van der Waals surface area contributed by atoms with E-state index in [2.05, 4.69) is 52.3 Å². The molecule has 1 N–H and O–H groups in total. The number of methoxy groups -OCH3 is 1. The first kappa shape index (κ1) is 23.6. The molecule has 7 heteroatoms. The summed E-state index contributed by atoms with van der Waals surface area (Å²) in [6.45, 7) is 3.49. The summed E-state index contributed by atoms with van der Waals surface area (Å²) in [5, 5.41) is 6.38. The molecule has 2 amide bonds. The van der Waals surface area contributed by atoms with Gasteiger partial charge in [0.25, 0.3) is 0 Å². The van der Waals surface area contributed by atoms with E-state index in [-0.39, 0.29) is 18.2 Å². The van der Waals surface area contributed by atoms with Gasteiger partial charge in [0.2, 0.25) is 11.8 Å². The van der Waals surface area contributed by atoms with E-state index in [0.717, 1.165) is 41.8 Å². The van der Waals surface area contributed by atoms with E-state index in [9.17, 15) is 9.59 Å². The fourth-order valence-electron chi connectivity index (χ4n) is 4.85. The molecule has 4 aromatic rings. The number of unbranched alkanes of at least 4 members (excludes halogenated alkanes) is 1. The third-order valence-electron chi connectivity index (χ3n) is 6.80. The van der Waals surface area contributed by atoms with Crippen LogP contribution in [0.4, 0.5) is 5.69 Å². The second-order valence-electron chi connectivity index (χ2n) is 9.14. The quantitative estimate of drug-likeness (QED) is 0.280. The summed E-state index contributed by atoms with van der Waals surface area (Å²) in [4.78, 5) is 27.3. The van der Waals surface area contributed by atoms with Gasteiger partial charge in [-0.15, -0.1) is 0 Å². The van der Waals surface area contributed by atoms with Crippen LogP contribution in [0, 0.1) is 5.92 Å². The van der Waals surface area contributed by atoms with E-state index in [0.29, 0.717) is 6.54 Å². The van der Waals surface area contributed by atoms with Crippen molar-refractivity contribution in [3.8, 4) is 5.75 Å². The number of aryl methyl sites for hydroxylation is 1. The van der Waals surface area contributed by atoms with Crippen LogP contribution in [0.2, 0.25) is 0 Å². The summed E-state index contributed by atoms with van der Waals surface area (Å²) in [5.41, 5.74) is 6.62. The fourth-order valence-corrected chi connectivity index (χ4v) is 4.85. The number of benzene rings is 3. The lowest BCUT2D eigenvalue weighted by Crippen LogP contribution is -2.30. The molecule has 1 fully saturated rings. The molecule has 2 heterocycles. The minimum atomic E-state index is -0.452. The average molecular weight is 483 g/mol. The number of carbonyl (C=O) groups is 2. The number of anilines is 1. The van der Waals surface area contributed by atoms with Gasteiger partial charge in [0.1, 0.15) is 5.75 Å². The molecule has 1 unspecified atom stereocenters. The lowest BCUT2D eigenvalue weighted by molar-refractivity contribution is -0.126. The zero-order valence-electron chi connectivity index (χ0n) is 20.6. The Labute approximate surface area is 210 Å². The molecule has 184 valence electrons. The molecule has 36 heavy (non-hydrogen) atoms. The van der Waals surface area contributed by atoms with Crippen LogP contribution in [0.25, 0.3) is 21.8 Å². The van der Waals surface area contributed by atoms with Gasteiger partial charge < -0.3 is 14.2 Å². The van der Waals surface area contributed by atoms with Crippen molar-refractivity contribution in [2.45, 2.75) is 32.7 Å². The van der Waals surface area contributed by atoms with E-state index in [4.69, 9.17) is 4.74 Å². The summed E-state index contributed by atoms with van der Waals surface area (Å²) in [6.07, 6.45) is 3.98. The molecule has 0 radical (unpaired) electrons. The molecule has 0 saturated carbocycles.